The van der Waals surface area contributed by atoms with Crippen LogP contribution < -0.4 is 20.1 Å². The Bertz CT molecular complexity index is 585. The molecule has 0 spiro atoms. The van der Waals surface area contributed by atoms with Crippen molar-refractivity contribution in [3.63, 3.8) is 0 Å². The molecule has 2 N–H and O–H groups in total. The van der Waals surface area contributed by atoms with E-state index in [4.69, 9.17) is 9.47 Å². The highest BCUT2D eigenvalue weighted by atomic mass is 16.5. The molecule has 0 radical (unpaired) electrons. The summed E-state index contributed by atoms with van der Waals surface area (Å²) in [6.45, 7) is 3.56. The Hall–Kier alpha value is -2.27. The Morgan fingerprint density at radius 1 is 1.00 bits per heavy atom. The van der Waals surface area contributed by atoms with Gasteiger partial charge in [-0.2, -0.15) is 0 Å². The van der Waals surface area contributed by atoms with Crippen molar-refractivity contribution >= 4 is 5.69 Å². The normalized spacial score (nSPS) is 10.3. The van der Waals surface area contributed by atoms with Crippen LogP contribution >= 0.6 is 0 Å². The van der Waals surface area contributed by atoms with Crippen molar-refractivity contribution in [2.24, 2.45) is 0 Å². The zero-order valence-electron chi connectivity index (χ0n) is 13.3. The van der Waals surface area contributed by atoms with Crippen LogP contribution in [0.4, 0.5) is 5.69 Å². The van der Waals surface area contributed by atoms with Crippen molar-refractivity contribution in [1.29, 1.82) is 0 Å². The van der Waals surface area contributed by atoms with Crippen LogP contribution in [0.3, 0.4) is 0 Å². The Morgan fingerprint density at radius 2 is 1.77 bits per heavy atom. The second kappa shape index (κ2) is 8.24. The van der Waals surface area contributed by atoms with E-state index in [9.17, 15) is 0 Å². The maximum absolute atomic E-state index is 5.15. The zero-order chi connectivity index (χ0) is 15.8. The number of pyridine rings is 1. The number of nitrogens with zero attached hydrogens (tertiary/aromatic N) is 1. The predicted molar refractivity (Wildman–Crippen MR) is 88.7 cm³/mol. The van der Waals surface area contributed by atoms with Crippen LogP contribution in [-0.2, 0) is 6.42 Å². The highest BCUT2D eigenvalue weighted by molar-refractivity contribution is 5.48. The van der Waals surface area contributed by atoms with Crippen LogP contribution in [0.2, 0.25) is 0 Å². The van der Waals surface area contributed by atoms with Gasteiger partial charge in [0.15, 0.2) is 0 Å². The molecular weight excluding hydrogens is 278 g/mol. The van der Waals surface area contributed by atoms with Crippen molar-refractivity contribution in [3.8, 4) is 11.6 Å². The zero-order valence-corrected chi connectivity index (χ0v) is 13.3. The molecule has 0 saturated heterocycles. The van der Waals surface area contributed by atoms with E-state index in [1.54, 1.807) is 14.2 Å². The third-order valence-electron chi connectivity index (χ3n) is 3.42. The third-order valence-corrected chi connectivity index (χ3v) is 3.42. The lowest BCUT2D eigenvalue weighted by Crippen LogP contribution is -2.24. The number of hydrogen-bond acceptors (Lipinski definition) is 5. The minimum Gasteiger partial charge on any atom is -0.497 e. The van der Waals surface area contributed by atoms with Gasteiger partial charge in [0.1, 0.15) is 5.75 Å². The molecule has 0 unspecified atom stereocenters. The molecule has 118 valence electrons. The largest absolute Gasteiger partial charge is 0.497 e. The fraction of sp³-hybridized carbons (Fsp3) is 0.353. The monoisotopic (exact) mass is 301 g/mol. The highest BCUT2D eigenvalue weighted by Gasteiger charge is 2.01. The molecule has 0 aliphatic rings. The fourth-order valence-corrected chi connectivity index (χ4v) is 2.11. The van der Waals surface area contributed by atoms with Crippen molar-refractivity contribution in [2.75, 3.05) is 32.7 Å². The summed E-state index contributed by atoms with van der Waals surface area (Å²) in [6.07, 6.45) is 0.978. The van der Waals surface area contributed by atoms with Gasteiger partial charge in [-0.05, 0) is 37.1 Å². The number of methoxy groups -OCH3 is 2. The van der Waals surface area contributed by atoms with Gasteiger partial charge < -0.3 is 14.8 Å². The molecular formula is C17H23N3O2. The molecule has 5 heteroatoms. The Kier molecular flexibility index (Phi) is 6.03. The number of anilines is 1. The van der Waals surface area contributed by atoms with Crippen LogP contribution in [0.25, 0.3) is 0 Å². The van der Waals surface area contributed by atoms with Gasteiger partial charge in [0.2, 0.25) is 5.88 Å². The molecule has 1 heterocycles. The van der Waals surface area contributed by atoms with E-state index in [-0.39, 0.29) is 0 Å². The van der Waals surface area contributed by atoms with Gasteiger partial charge in [-0.1, -0.05) is 12.1 Å². The number of ether oxygens (including phenoxy) is 2. The first kappa shape index (κ1) is 16.1. The minimum atomic E-state index is 0.635. The van der Waals surface area contributed by atoms with Crippen LogP contribution in [0.1, 0.15) is 11.3 Å². The predicted octanol–water partition coefficient (Wildman–Crippen LogP) is 2.61. The van der Waals surface area contributed by atoms with Gasteiger partial charge in [0.25, 0.3) is 0 Å². The lowest BCUT2D eigenvalue weighted by molar-refractivity contribution is 0.397. The van der Waals surface area contributed by atoms with Crippen LogP contribution in [0.15, 0.2) is 36.4 Å². The molecule has 5 nitrogen and oxygen atoms in total. The first-order valence-corrected chi connectivity index (χ1v) is 7.32. The van der Waals surface area contributed by atoms with Crippen molar-refractivity contribution in [2.45, 2.75) is 13.3 Å². The fourth-order valence-electron chi connectivity index (χ4n) is 2.11. The van der Waals surface area contributed by atoms with E-state index in [0.29, 0.717) is 12.5 Å². The van der Waals surface area contributed by atoms with Crippen molar-refractivity contribution < 1.29 is 9.47 Å². The summed E-state index contributed by atoms with van der Waals surface area (Å²) in [5.74, 6) is 1.52. The van der Waals surface area contributed by atoms with Crippen LogP contribution in [-0.4, -0.2) is 32.4 Å². The lowest BCUT2D eigenvalue weighted by atomic mass is 10.1. The number of rotatable bonds is 8. The van der Waals surface area contributed by atoms with Gasteiger partial charge in [-0.15, -0.1) is 0 Å². The van der Waals surface area contributed by atoms with Crippen LogP contribution in [0, 0.1) is 6.92 Å². The molecule has 1 aromatic heterocycles. The number of benzene rings is 1. The number of hydrogen-bond donors (Lipinski definition) is 2. The molecule has 0 aliphatic heterocycles. The second-order valence-corrected chi connectivity index (χ2v) is 4.94. The third kappa shape index (κ3) is 4.63. The average Bonchev–Trinajstić information content (AvgIpc) is 2.56. The first-order valence-electron chi connectivity index (χ1n) is 7.32. The lowest BCUT2D eigenvalue weighted by Gasteiger charge is -2.11. The second-order valence-electron chi connectivity index (χ2n) is 4.94. The molecule has 2 aromatic rings. The summed E-state index contributed by atoms with van der Waals surface area (Å²) in [4.78, 5) is 4.33. The summed E-state index contributed by atoms with van der Waals surface area (Å²) in [6, 6.07) is 12.0. The topological polar surface area (TPSA) is 55.4 Å². The van der Waals surface area contributed by atoms with E-state index in [2.05, 4.69) is 27.8 Å². The Balaban J connectivity index is 1.70. The standard InChI is InChI=1S/C17H23N3O2/c1-13-16(8-9-17(20-13)22-3)19-12-18-11-10-14-4-6-15(21-2)7-5-14/h4-9,18-19H,10-12H2,1-3H3. The van der Waals surface area contributed by atoms with Gasteiger partial charge in [0.05, 0.1) is 32.3 Å². The Morgan fingerprint density at radius 3 is 2.41 bits per heavy atom. The molecule has 0 bridgehead atoms. The number of aromatic nitrogens is 1. The maximum Gasteiger partial charge on any atom is 0.213 e. The molecule has 0 fully saturated rings. The molecule has 0 amide bonds. The summed E-state index contributed by atoms with van der Waals surface area (Å²) < 4.78 is 10.2. The molecule has 0 atom stereocenters. The van der Waals surface area contributed by atoms with Gasteiger partial charge >= 0.3 is 0 Å². The Labute approximate surface area is 131 Å². The molecule has 2 rings (SSSR count). The van der Waals surface area contributed by atoms with E-state index < -0.39 is 0 Å². The smallest absolute Gasteiger partial charge is 0.213 e. The van der Waals surface area contributed by atoms with Crippen molar-refractivity contribution in [1.82, 2.24) is 10.3 Å². The average molecular weight is 301 g/mol. The summed E-state index contributed by atoms with van der Waals surface area (Å²) in [5.41, 5.74) is 3.23. The van der Waals surface area contributed by atoms with Gasteiger partial charge in [-0.25, -0.2) is 4.98 Å². The van der Waals surface area contributed by atoms with Gasteiger partial charge in [0, 0.05) is 12.6 Å². The van der Waals surface area contributed by atoms with Crippen LogP contribution in [0.5, 0.6) is 11.6 Å². The quantitative estimate of drug-likeness (QED) is 0.580. The van der Waals surface area contributed by atoms with Crippen molar-refractivity contribution in [3.05, 3.63) is 47.7 Å². The maximum atomic E-state index is 5.15. The molecule has 22 heavy (non-hydrogen) atoms. The van der Waals surface area contributed by atoms with E-state index >= 15 is 0 Å². The molecule has 0 saturated carbocycles. The summed E-state index contributed by atoms with van der Waals surface area (Å²) >= 11 is 0. The first-order chi connectivity index (χ1) is 10.7. The van der Waals surface area contributed by atoms with E-state index in [1.165, 1.54) is 5.56 Å². The number of aryl methyl sites for hydroxylation is 1. The highest BCUT2D eigenvalue weighted by Crippen LogP contribution is 2.16. The SMILES string of the molecule is COc1ccc(CCNCNc2ccc(OC)nc2C)cc1. The summed E-state index contributed by atoms with van der Waals surface area (Å²) in [7, 11) is 3.30. The molecule has 1 aromatic carbocycles. The van der Waals surface area contributed by atoms with E-state index in [1.807, 2.05) is 31.2 Å². The van der Waals surface area contributed by atoms with Gasteiger partial charge in [-0.3, -0.25) is 5.32 Å². The van der Waals surface area contributed by atoms with E-state index in [0.717, 1.165) is 30.1 Å². The summed E-state index contributed by atoms with van der Waals surface area (Å²) in [5, 5.41) is 6.68. The minimum absolute atomic E-state index is 0.635. The molecule has 0 aliphatic carbocycles. The number of nitrogens with one attached hydrogen (secondary N) is 2.